The summed E-state index contributed by atoms with van der Waals surface area (Å²) in [6, 6.07) is 9.37. The number of unbranched alkanes of at least 4 members (excludes halogenated alkanes) is 1. The second-order valence-corrected chi connectivity index (χ2v) is 4.13. The van der Waals surface area contributed by atoms with Crippen LogP contribution in [0.2, 0.25) is 0 Å². The highest BCUT2D eigenvalue weighted by atomic mass is 16.5. The maximum Gasteiger partial charge on any atom is 0.254 e. The lowest BCUT2D eigenvalue weighted by atomic mass is 10.2. The first-order valence-corrected chi connectivity index (χ1v) is 5.95. The summed E-state index contributed by atoms with van der Waals surface area (Å²) >= 11 is 0. The summed E-state index contributed by atoms with van der Waals surface area (Å²) in [4.78, 5) is 11.8. The van der Waals surface area contributed by atoms with Crippen LogP contribution in [0.5, 0.6) is 5.75 Å². The molecule has 17 heavy (non-hydrogen) atoms. The van der Waals surface area contributed by atoms with Gasteiger partial charge in [0.15, 0.2) is 0 Å². The number of rotatable bonds is 4. The summed E-state index contributed by atoms with van der Waals surface area (Å²) in [6.45, 7) is 2.78. The van der Waals surface area contributed by atoms with E-state index < -0.39 is 0 Å². The van der Waals surface area contributed by atoms with Gasteiger partial charge in [-0.15, -0.1) is 0 Å². The Kier molecular flexibility index (Phi) is 3.47. The zero-order valence-corrected chi connectivity index (χ0v) is 10.3. The molecule has 0 unspecified atom stereocenters. The van der Waals surface area contributed by atoms with Crippen LogP contribution in [0.15, 0.2) is 35.1 Å². The summed E-state index contributed by atoms with van der Waals surface area (Å²) in [5.74, 6) is 0.692. The van der Waals surface area contributed by atoms with Crippen LogP contribution in [0.25, 0.3) is 10.9 Å². The van der Waals surface area contributed by atoms with Crippen LogP contribution in [0, 0.1) is 0 Å². The molecule has 0 bridgehead atoms. The summed E-state index contributed by atoms with van der Waals surface area (Å²) in [7, 11) is 1.78. The normalized spacial score (nSPS) is 10.7. The van der Waals surface area contributed by atoms with E-state index in [1.807, 2.05) is 24.3 Å². The molecular weight excluding hydrogens is 214 g/mol. The van der Waals surface area contributed by atoms with Gasteiger partial charge in [-0.1, -0.05) is 25.5 Å². The van der Waals surface area contributed by atoms with Gasteiger partial charge in [-0.2, -0.15) is 0 Å². The van der Waals surface area contributed by atoms with Crippen molar-refractivity contribution in [3.8, 4) is 5.75 Å². The van der Waals surface area contributed by atoms with Gasteiger partial charge in [-0.3, -0.25) is 4.79 Å². The lowest BCUT2D eigenvalue weighted by molar-refractivity contribution is 0.312. The first-order chi connectivity index (χ1) is 8.24. The number of pyridine rings is 1. The van der Waals surface area contributed by atoms with Crippen LogP contribution >= 0.6 is 0 Å². The molecule has 0 aliphatic rings. The number of fused-ring (bicyclic) bond motifs is 1. The number of aryl methyl sites for hydroxylation is 1. The lowest BCUT2D eigenvalue weighted by Gasteiger charge is -2.11. The van der Waals surface area contributed by atoms with E-state index >= 15 is 0 Å². The van der Waals surface area contributed by atoms with Crippen molar-refractivity contribution in [3.63, 3.8) is 0 Å². The number of hydrogen-bond acceptors (Lipinski definition) is 2. The molecule has 90 valence electrons. The Morgan fingerprint density at radius 3 is 2.82 bits per heavy atom. The van der Waals surface area contributed by atoms with Crippen molar-refractivity contribution < 1.29 is 4.74 Å². The van der Waals surface area contributed by atoms with Crippen molar-refractivity contribution in [1.82, 2.24) is 4.57 Å². The fourth-order valence-electron chi connectivity index (χ4n) is 1.83. The molecule has 1 aromatic heterocycles. The third-order valence-electron chi connectivity index (χ3n) is 2.87. The number of nitrogens with zero attached hydrogens (tertiary/aromatic N) is 1. The van der Waals surface area contributed by atoms with E-state index in [2.05, 4.69) is 6.92 Å². The topological polar surface area (TPSA) is 31.2 Å². The average Bonchev–Trinajstić information content (AvgIpc) is 2.36. The van der Waals surface area contributed by atoms with Crippen molar-refractivity contribution in [2.24, 2.45) is 7.05 Å². The Morgan fingerprint density at radius 2 is 2.06 bits per heavy atom. The van der Waals surface area contributed by atoms with Gasteiger partial charge in [0.2, 0.25) is 0 Å². The molecule has 0 fully saturated rings. The molecule has 0 N–H and O–H groups in total. The van der Waals surface area contributed by atoms with E-state index in [1.165, 1.54) is 0 Å². The van der Waals surface area contributed by atoms with E-state index in [-0.39, 0.29) is 5.56 Å². The van der Waals surface area contributed by atoms with Gasteiger partial charge in [0.25, 0.3) is 5.56 Å². The highest BCUT2D eigenvalue weighted by Crippen LogP contribution is 2.23. The molecule has 1 aromatic carbocycles. The molecule has 0 saturated heterocycles. The standard InChI is InChI=1S/C14H17NO2/c1-3-4-9-17-13-10-14(16)15(2)12-8-6-5-7-11(12)13/h5-8,10H,3-4,9H2,1-2H3. The molecule has 0 radical (unpaired) electrons. The zero-order chi connectivity index (χ0) is 12.3. The van der Waals surface area contributed by atoms with Crippen LogP contribution in [0.1, 0.15) is 19.8 Å². The third-order valence-corrected chi connectivity index (χ3v) is 2.87. The van der Waals surface area contributed by atoms with E-state index in [0.717, 1.165) is 23.7 Å². The molecule has 3 heteroatoms. The number of benzene rings is 1. The molecule has 2 aromatic rings. The molecular formula is C14H17NO2. The van der Waals surface area contributed by atoms with Gasteiger partial charge >= 0.3 is 0 Å². The van der Waals surface area contributed by atoms with Crippen molar-refractivity contribution in [2.45, 2.75) is 19.8 Å². The van der Waals surface area contributed by atoms with Crippen LogP contribution in [0.3, 0.4) is 0 Å². The second kappa shape index (κ2) is 5.04. The molecule has 0 saturated carbocycles. The summed E-state index contributed by atoms with van der Waals surface area (Å²) in [6.07, 6.45) is 2.09. The number of ether oxygens (including phenoxy) is 1. The maximum absolute atomic E-state index is 11.8. The van der Waals surface area contributed by atoms with Gasteiger partial charge in [0.05, 0.1) is 12.1 Å². The van der Waals surface area contributed by atoms with Gasteiger partial charge < -0.3 is 9.30 Å². The Balaban J connectivity index is 2.48. The molecule has 2 rings (SSSR count). The SMILES string of the molecule is CCCCOc1cc(=O)n(C)c2ccccc12. The van der Waals surface area contributed by atoms with Gasteiger partial charge in [-0.05, 0) is 18.6 Å². The van der Waals surface area contributed by atoms with Crippen LogP contribution in [-0.2, 0) is 7.05 Å². The minimum Gasteiger partial charge on any atom is -0.493 e. The average molecular weight is 231 g/mol. The van der Waals surface area contributed by atoms with Crippen molar-refractivity contribution in [3.05, 3.63) is 40.7 Å². The van der Waals surface area contributed by atoms with Crippen LogP contribution < -0.4 is 10.3 Å². The molecule has 0 atom stereocenters. The summed E-state index contributed by atoms with van der Waals surface area (Å²) in [5, 5.41) is 0.991. The molecule has 0 aliphatic heterocycles. The summed E-state index contributed by atoms with van der Waals surface area (Å²) < 4.78 is 7.32. The highest BCUT2D eigenvalue weighted by molar-refractivity contribution is 5.85. The Bertz CT molecular complexity index is 572. The fourth-order valence-corrected chi connectivity index (χ4v) is 1.83. The number of aromatic nitrogens is 1. The predicted molar refractivity (Wildman–Crippen MR) is 69.6 cm³/mol. The van der Waals surface area contributed by atoms with Gasteiger partial charge in [0, 0.05) is 18.5 Å². The minimum atomic E-state index is -0.0322. The first-order valence-electron chi connectivity index (χ1n) is 5.95. The quantitative estimate of drug-likeness (QED) is 0.758. The fraction of sp³-hybridized carbons (Fsp3) is 0.357. The predicted octanol–water partition coefficient (Wildman–Crippen LogP) is 2.72. The van der Waals surface area contributed by atoms with E-state index in [4.69, 9.17) is 4.74 Å². The van der Waals surface area contributed by atoms with Crippen LogP contribution in [-0.4, -0.2) is 11.2 Å². The zero-order valence-electron chi connectivity index (χ0n) is 10.3. The van der Waals surface area contributed by atoms with Gasteiger partial charge in [-0.25, -0.2) is 0 Å². The van der Waals surface area contributed by atoms with E-state index in [1.54, 1.807) is 17.7 Å². The van der Waals surface area contributed by atoms with E-state index in [0.29, 0.717) is 12.4 Å². The maximum atomic E-state index is 11.8. The minimum absolute atomic E-state index is 0.0322. The van der Waals surface area contributed by atoms with Crippen molar-refractivity contribution in [1.29, 1.82) is 0 Å². The van der Waals surface area contributed by atoms with Gasteiger partial charge in [0.1, 0.15) is 5.75 Å². The Hall–Kier alpha value is -1.77. The number of hydrogen-bond donors (Lipinski definition) is 0. The molecule has 0 aliphatic carbocycles. The van der Waals surface area contributed by atoms with Crippen LogP contribution in [0.4, 0.5) is 0 Å². The largest absolute Gasteiger partial charge is 0.493 e. The molecule has 0 spiro atoms. The molecule has 3 nitrogen and oxygen atoms in total. The van der Waals surface area contributed by atoms with Crippen molar-refractivity contribution >= 4 is 10.9 Å². The highest BCUT2D eigenvalue weighted by Gasteiger charge is 2.06. The Labute approximate surface area is 101 Å². The molecule has 0 amide bonds. The smallest absolute Gasteiger partial charge is 0.254 e. The van der Waals surface area contributed by atoms with E-state index in [9.17, 15) is 4.79 Å². The monoisotopic (exact) mass is 231 g/mol. The second-order valence-electron chi connectivity index (χ2n) is 4.13. The van der Waals surface area contributed by atoms with Crippen molar-refractivity contribution in [2.75, 3.05) is 6.61 Å². The summed E-state index contributed by atoms with van der Waals surface area (Å²) in [5.41, 5.74) is 0.877. The first kappa shape index (κ1) is 11.7. The third kappa shape index (κ3) is 2.33. The molecule has 1 heterocycles. The number of para-hydroxylation sites is 1. The lowest BCUT2D eigenvalue weighted by Crippen LogP contribution is -2.16. The Morgan fingerprint density at radius 1 is 1.29 bits per heavy atom.